The van der Waals surface area contributed by atoms with Crippen LogP contribution in [0, 0.1) is 0 Å². The second-order valence-electron chi connectivity index (χ2n) is 4.16. The summed E-state index contributed by atoms with van der Waals surface area (Å²) in [6.07, 6.45) is -0.293. The molecule has 1 aromatic heterocycles. The zero-order valence-corrected chi connectivity index (χ0v) is 11.7. The highest BCUT2D eigenvalue weighted by Gasteiger charge is 2.26. The van der Waals surface area contributed by atoms with Gasteiger partial charge in [0.25, 0.3) is 0 Å². The number of ether oxygens (including phenoxy) is 3. The molecule has 104 valence electrons. The highest BCUT2D eigenvalue weighted by atomic mass is 32.1. The molecule has 6 heteroatoms. The summed E-state index contributed by atoms with van der Waals surface area (Å²) >= 11 is 1.37. The first-order chi connectivity index (χ1) is 9.78. The van der Waals surface area contributed by atoms with Crippen LogP contribution in [0.25, 0.3) is 0 Å². The molecule has 0 bridgehead atoms. The molecule has 20 heavy (non-hydrogen) atoms. The number of benzene rings is 1. The third-order valence-corrected chi connectivity index (χ3v) is 3.73. The molecule has 1 aromatic carbocycles. The number of esters is 1. The van der Waals surface area contributed by atoms with Crippen LogP contribution >= 0.6 is 11.3 Å². The van der Waals surface area contributed by atoms with Crippen LogP contribution in [0.5, 0.6) is 11.5 Å². The Bertz CT molecular complexity index is 625. The van der Waals surface area contributed by atoms with E-state index >= 15 is 0 Å². The summed E-state index contributed by atoms with van der Waals surface area (Å²) in [7, 11) is 0. The van der Waals surface area contributed by atoms with Crippen LogP contribution in [0.3, 0.4) is 0 Å². The molecule has 2 aromatic rings. The minimum absolute atomic E-state index is 0.293. The van der Waals surface area contributed by atoms with Gasteiger partial charge in [0.05, 0.1) is 6.61 Å². The van der Waals surface area contributed by atoms with Crippen molar-refractivity contribution in [1.29, 1.82) is 0 Å². The number of fused-ring (bicyclic) bond motifs is 1. The van der Waals surface area contributed by atoms with E-state index in [-0.39, 0.29) is 6.10 Å². The molecule has 2 heterocycles. The van der Waals surface area contributed by atoms with Crippen molar-refractivity contribution >= 4 is 17.3 Å². The predicted octanol–water partition coefficient (Wildman–Crippen LogP) is 2.83. The fourth-order valence-electron chi connectivity index (χ4n) is 1.88. The van der Waals surface area contributed by atoms with Crippen LogP contribution in [0.4, 0.5) is 0 Å². The highest BCUT2D eigenvalue weighted by Crippen LogP contribution is 2.36. The van der Waals surface area contributed by atoms with E-state index in [4.69, 9.17) is 14.2 Å². The number of nitrogens with zero attached hydrogens (tertiary/aromatic N) is 1. The Morgan fingerprint density at radius 1 is 1.45 bits per heavy atom. The van der Waals surface area contributed by atoms with Crippen LogP contribution in [0.15, 0.2) is 29.6 Å². The second-order valence-corrected chi connectivity index (χ2v) is 5.05. The molecule has 1 atom stereocenters. The standard InChI is InChI=1S/C14H13NO4S/c1-2-17-14(16)9-8-20-13(15-9)12-7-18-10-5-3-4-6-11(10)19-12/h3-6,8,12H,2,7H2,1H3. The Kier molecular flexibility index (Phi) is 3.56. The molecule has 0 spiro atoms. The second kappa shape index (κ2) is 5.50. The Morgan fingerprint density at radius 3 is 3.05 bits per heavy atom. The summed E-state index contributed by atoms with van der Waals surface area (Å²) in [6, 6.07) is 7.49. The van der Waals surface area contributed by atoms with Gasteiger partial charge in [-0.3, -0.25) is 0 Å². The van der Waals surface area contributed by atoms with E-state index in [2.05, 4.69) is 4.98 Å². The first-order valence-corrected chi connectivity index (χ1v) is 7.17. The molecule has 1 aliphatic rings. The topological polar surface area (TPSA) is 57.7 Å². The third-order valence-electron chi connectivity index (χ3n) is 2.79. The van der Waals surface area contributed by atoms with Crippen LogP contribution in [0.1, 0.15) is 28.5 Å². The lowest BCUT2D eigenvalue weighted by Crippen LogP contribution is -2.21. The van der Waals surface area contributed by atoms with Gasteiger partial charge in [0.15, 0.2) is 23.3 Å². The third kappa shape index (κ3) is 2.46. The molecule has 0 saturated carbocycles. The first kappa shape index (κ1) is 12.9. The van der Waals surface area contributed by atoms with Gasteiger partial charge in [-0.25, -0.2) is 9.78 Å². The van der Waals surface area contributed by atoms with Gasteiger partial charge in [-0.2, -0.15) is 0 Å². The largest absolute Gasteiger partial charge is 0.485 e. The Morgan fingerprint density at radius 2 is 2.25 bits per heavy atom. The molecule has 0 aliphatic carbocycles. The van der Waals surface area contributed by atoms with E-state index in [1.807, 2.05) is 24.3 Å². The molecule has 0 radical (unpaired) electrons. The summed E-state index contributed by atoms with van der Waals surface area (Å²) in [5.74, 6) is 1.01. The van der Waals surface area contributed by atoms with Gasteiger partial charge < -0.3 is 14.2 Å². The van der Waals surface area contributed by atoms with Crippen molar-refractivity contribution in [3.8, 4) is 11.5 Å². The van der Waals surface area contributed by atoms with Crippen LogP contribution < -0.4 is 9.47 Å². The number of rotatable bonds is 3. The van der Waals surface area contributed by atoms with E-state index in [1.54, 1.807) is 12.3 Å². The van der Waals surface area contributed by atoms with Gasteiger partial charge in [0.1, 0.15) is 11.6 Å². The first-order valence-electron chi connectivity index (χ1n) is 6.29. The zero-order valence-electron chi connectivity index (χ0n) is 10.9. The van der Waals surface area contributed by atoms with Gasteiger partial charge in [-0.05, 0) is 19.1 Å². The van der Waals surface area contributed by atoms with Crippen LogP contribution in [0.2, 0.25) is 0 Å². The minimum atomic E-state index is -0.410. The molecule has 3 rings (SSSR count). The molecular weight excluding hydrogens is 278 g/mol. The monoisotopic (exact) mass is 291 g/mol. The lowest BCUT2D eigenvalue weighted by molar-refractivity contribution is 0.0518. The molecule has 0 fully saturated rings. The molecule has 0 N–H and O–H groups in total. The van der Waals surface area contributed by atoms with E-state index < -0.39 is 5.97 Å². The van der Waals surface area contributed by atoms with Crippen molar-refractivity contribution in [1.82, 2.24) is 4.98 Å². The van der Waals surface area contributed by atoms with Gasteiger partial charge in [0.2, 0.25) is 0 Å². The molecule has 1 unspecified atom stereocenters. The molecule has 0 saturated heterocycles. The molecule has 1 aliphatic heterocycles. The highest BCUT2D eigenvalue weighted by molar-refractivity contribution is 7.09. The number of aromatic nitrogens is 1. The average molecular weight is 291 g/mol. The molecule has 0 amide bonds. The number of thiazole rings is 1. The van der Waals surface area contributed by atoms with Crippen molar-refractivity contribution in [2.45, 2.75) is 13.0 Å². The van der Waals surface area contributed by atoms with Crippen molar-refractivity contribution in [2.75, 3.05) is 13.2 Å². The lowest BCUT2D eigenvalue weighted by atomic mass is 10.2. The number of carbonyl (C=O) groups excluding carboxylic acids is 1. The summed E-state index contributed by atoms with van der Waals surface area (Å²) < 4.78 is 16.4. The quantitative estimate of drug-likeness (QED) is 0.814. The van der Waals surface area contributed by atoms with Crippen LogP contribution in [-0.4, -0.2) is 24.2 Å². The number of para-hydroxylation sites is 2. The van der Waals surface area contributed by atoms with Crippen molar-refractivity contribution in [3.63, 3.8) is 0 Å². The Labute approximate surface area is 120 Å². The van der Waals surface area contributed by atoms with Gasteiger partial charge >= 0.3 is 5.97 Å². The van der Waals surface area contributed by atoms with Gasteiger partial charge in [-0.15, -0.1) is 11.3 Å². The Hall–Kier alpha value is -2.08. The number of carbonyl (C=O) groups is 1. The lowest BCUT2D eigenvalue weighted by Gasteiger charge is -2.24. The zero-order chi connectivity index (χ0) is 13.9. The van der Waals surface area contributed by atoms with Gasteiger partial charge in [-0.1, -0.05) is 12.1 Å². The van der Waals surface area contributed by atoms with E-state index in [0.717, 1.165) is 5.75 Å². The summed E-state index contributed by atoms with van der Waals surface area (Å²) in [6.45, 7) is 2.48. The van der Waals surface area contributed by atoms with Crippen molar-refractivity contribution in [3.05, 3.63) is 40.3 Å². The maximum atomic E-state index is 11.6. The number of hydrogen-bond donors (Lipinski definition) is 0. The average Bonchev–Trinajstić information content (AvgIpc) is 2.97. The number of hydrogen-bond acceptors (Lipinski definition) is 6. The SMILES string of the molecule is CCOC(=O)c1csc(C2COc3ccccc3O2)n1. The summed E-state index contributed by atoms with van der Waals surface area (Å²) in [4.78, 5) is 15.9. The molecule has 5 nitrogen and oxygen atoms in total. The van der Waals surface area contributed by atoms with E-state index in [9.17, 15) is 4.79 Å². The van der Waals surface area contributed by atoms with E-state index in [0.29, 0.717) is 29.7 Å². The van der Waals surface area contributed by atoms with E-state index in [1.165, 1.54) is 11.3 Å². The maximum absolute atomic E-state index is 11.6. The van der Waals surface area contributed by atoms with Crippen LogP contribution in [-0.2, 0) is 4.74 Å². The molecular formula is C14H13NO4S. The maximum Gasteiger partial charge on any atom is 0.357 e. The fourth-order valence-corrected chi connectivity index (χ4v) is 2.68. The normalized spacial score (nSPS) is 16.8. The van der Waals surface area contributed by atoms with Gasteiger partial charge in [0, 0.05) is 5.38 Å². The van der Waals surface area contributed by atoms with Crippen molar-refractivity contribution in [2.24, 2.45) is 0 Å². The fraction of sp³-hybridized carbons (Fsp3) is 0.286. The minimum Gasteiger partial charge on any atom is -0.485 e. The predicted molar refractivity (Wildman–Crippen MR) is 73.4 cm³/mol. The smallest absolute Gasteiger partial charge is 0.357 e. The van der Waals surface area contributed by atoms with Crippen molar-refractivity contribution < 1.29 is 19.0 Å². The summed E-state index contributed by atoms with van der Waals surface area (Å²) in [5.41, 5.74) is 0.314. The Balaban J connectivity index is 1.77. The summed E-state index contributed by atoms with van der Waals surface area (Å²) in [5, 5.41) is 2.39.